The van der Waals surface area contributed by atoms with Gasteiger partial charge in [-0.25, -0.2) is 0 Å². The molecule has 0 saturated heterocycles. The summed E-state index contributed by atoms with van der Waals surface area (Å²) >= 11 is 0. The molecular formula is C16H27NO3. The SMILES string of the molecule is CCOC(CNCc1ccc(OC(C)C)cc1)OCC. The average molecular weight is 281 g/mol. The molecule has 0 heterocycles. The molecule has 0 fully saturated rings. The van der Waals surface area contributed by atoms with Gasteiger partial charge in [-0.05, 0) is 45.4 Å². The van der Waals surface area contributed by atoms with E-state index in [1.165, 1.54) is 5.56 Å². The molecule has 1 aromatic rings. The van der Waals surface area contributed by atoms with E-state index in [-0.39, 0.29) is 12.4 Å². The Morgan fingerprint density at radius 2 is 1.60 bits per heavy atom. The largest absolute Gasteiger partial charge is 0.491 e. The third kappa shape index (κ3) is 6.89. The Labute approximate surface area is 122 Å². The van der Waals surface area contributed by atoms with Crippen LogP contribution in [-0.2, 0) is 16.0 Å². The summed E-state index contributed by atoms with van der Waals surface area (Å²) in [5.41, 5.74) is 1.22. The first-order valence-electron chi connectivity index (χ1n) is 7.35. The van der Waals surface area contributed by atoms with Gasteiger partial charge in [-0.15, -0.1) is 0 Å². The van der Waals surface area contributed by atoms with E-state index in [0.717, 1.165) is 12.3 Å². The summed E-state index contributed by atoms with van der Waals surface area (Å²) in [7, 11) is 0. The van der Waals surface area contributed by atoms with E-state index in [4.69, 9.17) is 14.2 Å². The van der Waals surface area contributed by atoms with Gasteiger partial charge in [0.1, 0.15) is 5.75 Å². The Morgan fingerprint density at radius 1 is 1.00 bits per heavy atom. The first-order valence-corrected chi connectivity index (χ1v) is 7.35. The minimum Gasteiger partial charge on any atom is -0.491 e. The van der Waals surface area contributed by atoms with Crippen molar-refractivity contribution in [3.8, 4) is 5.75 Å². The normalized spacial score (nSPS) is 11.3. The summed E-state index contributed by atoms with van der Waals surface area (Å²) in [6.07, 6.45) is 0.0330. The second-order valence-corrected chi connectivity index (χ2v) is 4.78. The maximum atomic E-state index is 5.62. The van der Waals surface area contributed by atoms with Gasteiger partial charge in [-0.1, -0.05) is 12.1 Å². The molecule has 0 aliphatic heterocycles. The van der Waals surface area contributed by atoms with E-state index in [9.17, 15) is 0 Å². The van der Waals surface area contributed by atoms with Gasteiger partial charge in [0, 0.05) is 26.3 Å². The Balaban J connectivity index is 2.33. The van der Waals surface area contributed by atoms with Crippen molar-refractivity contribution in [2.75, 3.05) is 19.8 Å². The van der Waals surface area contributed by atoms with Crippen LogP contribution in [0, 0.1) is 0 Å². The van der Waals surface area contributed by atoms with Crippen molar-refractivity contribution in [2.45, 2.75) is 46.6 Å². The van der Waals surface area contributed by atoms with E-state index in [1.807, 2.05) is 39.8 Å². The molecule has 1 N–H and O–H groups in total. The molecule has 0 radical (unpaired) electrons. The molecule has 1 aromatic carbocycles. The Morgan fingerprint density at radius 3 is 2.10 bits per heavy atom. The number of hydrogen-bond donors (Lipinski definition) is 1. The molecule has 0 spiro atoms. The molecule has 4 nitrogen and oxygen atoms in total. The third-order valence-corrected chi connectivity index (χ3v) is 2.64. The van der Waals surface area contributed by atoms with Crippen molar-refractivity contribution in [2.24, 2.45) is 0 Å². The lowest BCUT2D eigenvalue weighted by Crippen LogP contribution is -2.31. The molecule has 0 aliphatic carbocycles. The fourth-order valence-corrected chi connectivity index (χ4v) is 1.83. The summed E-state index contributed by atoms with van der Waals surface area (Å²) < 4.78 is 16.6. The predicted molar refractivity (Wildman–Crippen MR) is 81.0 cm³/mol. The van der Waals surface area contributed by atoms with E-state index in [0.29, 0.717) is 19.8 Å². The molecule has 0 unspecified atom stereocenters. The molecule has 0 bridgehead atoms. The molecule has 0 saturated carbocycles. The number of hydrogen-bond acceptors (Lipinski definition) is 4. The van der Waals surface area contributed by atoms with Crippen molar-refractivity contribution in [1.82, 2.24) is 5.32 Å². The van der Waals surface area contributed by atoms with E-state index in [1.54, 1.807) is 0 Å². The maximum absolute atomic E-state index is 5.62. The van der Waals surface area contributed by atoms with Crippen molar-refractivity contribution in [3.05, 3.63) is 29.8 Å². The minimum atomic E-state index is -0.173. The van der Waals surface area contributed by atoms with Gasteiger partial charge >= 0.3 is 0 Å². The van der Waals surface area contributed by atoms with Crippen molar-refractivity contribution >= 4 is 0 Å². The molecule has 20 heavy (non-hydrogen) atoms. The molecular weight excluding hydrogens is 254 g/mol. The lowest BCUT2D eigenvalue weighted by Gasteiger charge is -2.17. The lowest BCUT2D eigenvalue weighted by atomic mass is 10.2. The van der Waals surface area contributed by atoms with E-state index in [2.05, 4.69) is 17.4 Å². The van der Waals surface area contributed by atoms with Crippen LogP contribution in [-0.4, -0.2) is 32.2 Å². The smallest absolute Gasteiger partial charge is 0.169 e. The van der Waals surface area contributed by atoms with Gasteiger partial charge in [-0.2, -0.15) is 0 Å². The quantitative estimate of drug-likeness (QED) is 0.669. The molecule has 114 valence electrons. The lowest BCUT2D eigenvalue weighted by molar-refractivity contribution is -0.133. The number of nitrogens with one attached hydrogen (secondary N) is 1. The molecule has 0 atom stereocenters. The van der Waals surface area contributed by atoms with E-state index >= 15 is 0 Å². The minimum absolute atomic E-state index is 0.173. The van der Waals surface area contributed by atoms with Crippen LogP contribution in [0.5, 0.6) is 5.75 Å². The summed E-state index contributed by atoms with van der Waals surface area (Å²) in [5.74, 6) is 0.908. The van der Waals surface area contributed by atoms with Gasteiger partial charge in [0.2, 0.25) is 0 Å². The van der Waals surface area contributed by atoms with Gasteiger partial charge in [0.15, 0.2) is 6.29 Å². The second kappa shape index (κ2) is 9.75. The fourth-order valence-electron chi connectivity index (χ4n) is 1.83. The average Bonchev–Trinajstić information content (AvgIpc) is 2.40. The number of benzene rings is 1. The highest BCUT2D eigenvalue weighted by Crippen LogP contribution is 2.13. The summed E-state index contributed by atoms with van der Waals surface area (Å²) in [6, 6.07) is 8.14. The van der Waals surface area contributed by atoms with Crippen LogP contribution in [0.15, 0.2) is 24.3 Å². The van der Waals surface area contributed by atoms with Crippen LogP contribution < -0.4 is 10.1 Å². The van der Waals surface area contributed by atoms with Crippen LogP contribution in [0.1, 0.15) is 33.3 Å². The second-order valence-electron chi connectivity index (χ2n) is 4.78. The first-order chi connectivity index (χ1) is 9.65. The third-order valence-electron chi connectivity index (χ3n) is 2.64. The van der Waals surface area contributed by atoms with Crippen LogP contribution in [0.25, 0.3) is 0 Å². The zero-order valence-corrected chi connectivity index (χ0v) is 13.0. The monoisotopic (exact) mass is 281 g/mol. The Kier molecular flexibility index (Phi) is 8.26. The van der Waals surface area contributed by atoms with Gasteiger partial charge in [-0.3, -0.25) is 0 Å². The van der Waals surface area contributed by atoms with Crippen molar-refractivity contribution < 1.29 is 14.2 Å². The van der Waals surface area contributed by atoms with Crippen LogP contribution in [0.2, 0.25) is 0 Å². The summed E-state index contributed by atoms with van der Waals surface area (Å²) in [6.45, 7) is 10.8. The van der Waals surface area contributed by atoms with Crippen LogP contribution >= 0.6 is 0 Å². The number of rotatable bonds is 10. The Bertz CT molecular complexity index is 345. The highest BCUT2D eigenvalue weighted by atomic mass is 16.7. The topological polar surface area (TPSA) is 39.7 Å². The standard InChI is InChI=1S/C16H27NO3/c1-5-18-16(19-6-2)12-17-11-14-7-9-15(10-8-14)20-13(3)4/h7-10,13,16-17H,5-6,11-12H2,1-4H3. The maximum Gasteiger partial charge on any atom is 0.169 e. The van der Waals surface area contributed by atoms with Crippen LogP contribution in [0.3, 0.4) is 0 Å². The molecule has 0 amide bonds. The fraction of sp³-hybridized carbons (Fsp3) is 0.625. The van der Waals surface area contributed by atoms with Crippen LogP contribution in [0.4, 0.5) is 0 Å². The zero-order valence-electron chi connectivity index (χ0n) is 13.0. The van der Waals surface area contributed by atoms with Gasteiger partial charge in [0.05, 0.1) is 6.10 Å². The zero-order chi connectivity index (χ0) is 14.8. The summed E-state index contributed by atoms with van der Waals surface area (Å²) in [4.78, 5) is 0. The molecule has 0 aliphatic rings. The van der Waals surface area contributed by atoms with Gasteiger partial charge < -0.3 is 19.5 Å². The first kappa shape index (κ1) is 17.0. The molecule has 1 rings (SSSR count). The van der Waals surface area contributed by atoms with Gasteiger partial charge in [0.25, 0.3) is 0 Å². The number of ether oxygens (including phenoxy) is 3. The van der Waals surface area contributed by atoms with Crippen molar-refractivity contribution in [3.63, 3.8) is 0 Å². The highest BCUT2D eigenvalue weighted by Gasteiger charge is 2.06. The molecule has 4 heteroatoms. The highest BCUT2D eigenvalue weighted by molar-refractivity contribution is 5.27. The predicted octanol–water partition coefficient (Wildman–Crippen LogP) is 2.96. The van der Waals surface area contributed by atoms with Crippen molar-refractivity contribution in [1.29, 1.82) is 0 Å². The summed E-state index contributed by atoms with van der Waals surface area (Å²) in [5, 5.41) is 3.34. The van der Waals surface area contributed by atoms with E-state index < -0.39 is 0 Å². The Hall–Kier alpha value is -1.10. The molecule has 0 aromatic heterocycles.